The van der Waals surface area contributed by atoms with Crippen LogP contribution >= 0.6 is 0 Å². The number of amides is 1. The third kappa shape index (κ3) is 10.9. The van der Waals surface area contributed by atoms with Crippen molar-refractivity contribution in [2.24, 2.45) is 62.6 Å². The van der Waals surface area contributed by atoms with Crippen molar-refractivity contribution < 1.29 is 71.8 Å². The molecule has 0 aliphatic heterocycles. The summed E-state index contributed by atoms with van der Waals surface area (Å²) >= 11 is 0. The molecule has 6 aliphatic carbocycles. The van der Waals surface area contributed by atoms with E-state index in [1.165, 1.54) is 78.6 Å². The number of hydrogen-bond donors (Lipinski definition) is 2. The fraction of sp³-hybridized carbons (Fsp3) is 0.873. The zero-order valence-corrected chi connectivity index (χ0v) is 45.3. The minimum absolute atomic E-state index is 0.187. The quantitative estimate of drug-likeness (QED) is 0.105. The number of aliphatic hydroxyl groups is 1. The smallest absolute Gasteiger partial charge is 0.303 e. The van der Waals surface area contributed by atoms with Gasteiger partial charge >= 0.3 is 35.8 Å². The standard InChI is InChI=1S/C55H87NO15/c1-30(38-20-25-51(11)39(38)21-26-53(13)43(51)18-19-44-52(12)24-15-23-50(9,10)42(52)22-27-54(44,53)14)16-17-40(67-33(4)59)46(69-35(6)61)41(68-34(5)60)28-65-48-45(56-31(2)57)47(70-36(7)62)49(71-37(8)63)55(48,64)29-66-32(3)58/h30,38-49,64H,15-29H2,1-14H3,(H,56,57)/t30?,38-,39+,40?,41?,42+,43-,44-,45-,46?,47-,48-,49+,51+,52+,53-,54-,55-/m1/s1. The number of hydrogen-bond acceptors (Lipinski definition) is 15. The van der Waals surface area contributed by atoms with E-state index in [1.54, 1.807) is 0 Å². The molecular weight excluding hydrogens is 915 g/mol. The van der Waals surface area contributed by atoms with Gasteiger partial charge in [0.25, 0.3) is 0 Å². The summed E-state index contributed by atoms with van der Waals surface area (Å²) in [4.78, 5) is 88.4. The van der Waals surface area contributed by atoms with Crippen LogP contribution in [0.5, 0.6) is 0 Å². The molecule has 6 fully saturated rings. The van der Waals surface area contributed by atoms with E-state index in [0.29, 0.717) is 35.0 Å². The van der Waals surface area contributed by atoms with E-state index in [1.807, 2.05) is 0 Å². The highest BCUT2D eigenvalue weighted by Crippen LogP contribution is 2.78. The molecule has 0 saturated heterocycles. The summed E-state index contributed by atoms with van der Waals surface area (Å²) in [6, 6.07) is -1.42. The van der Waals surface area contributed by atoms with E-state index >= 15 is 0 Å². The van der Waals surface area contributed by atoms with Crippen molar-refractivity contribution in [2.75, 3.05) is 13.2 Å². The average Bonchev–Trinajstić information content (AvgIpc) is 3.69. The van der Waals surface area contributed by atoms with Gasteiger partial charge in [-0.3, -0.25) is 33.6 Å². The van der Waals surface area contributed by atoms with Gasteiger partial charge in [0, 0.05) is 48.5 Å². The molecule has 0 aromatic carbocycles. The number of nitrogens with one attached hydrogen (secondary N) is 1. The first-order valence-electron chi connectivity index (χ1n) is 26.6. The van der Waals surface area contributed by atoms with Crippen LogP contribution in [0.2, 0.25) is 0 Å². The molecule has 0 radical (unpaired) electrons. The molecule has 6 saturated carbocycles. The molecule has 16 nitrogen and oxygen atoms in total. The second-order valence-corrected chi connectivity index (χ2v) is 24.6. The van der Waals surface area contributed by atoms with Crippen LogP contribution in [0.4, 0.5) is 0 Å². The molecule has 0 bridgehead atoms. The Hall–Kier alpha value is -3.79. The average molecular weight is 1000 g/mol. The first-order valence-corrected chi connectivity index (χ1v) is 26.6. The molecule has 2 N–H and O–H groups in total. The van der Waals surface area contributed by atoms with Crippen LogP contribution in [0, 0.1) is 62.6 Å². The van der Waals surface area contributed by atoms with Crippen molar-refractivity contribution in [2.45, 2.75) is 229 Å². The van der Waals surface area contributed by atoms with Crippen molar-refractivity contribution in [3.63, 3.8) is 0 Å². The summed E-state index contributed by atoms with van der Waals surface area (Å²) in [6.45, 7) is 24.4. The maximum Gasteiger partial charge on any atom is 0.303 e. The molecule has 6 aliphatic rings. The van der Waals surface area contributed by atoms with Crippen molar-refractivity contribution in [3.8, 4) is 0 Å². The molecule has 1 amide bonds. The first-order chi connectivity index (χ1) is 32.9. The summed E-state index contributed by atoms with van der Waals surface area (Å²) in [6.07, 6.45) is 5.70. The van der Waals surface area contributed by atoms with Gasteiger partial charge in [0.15, 0.2) is 30.0 Å². The SMILES string of the molecule is CC(=O)N[C@@H]1[C@@H](OC(C)=O)[C@H](OC(C)=O)[C@@](O)(COC(C)=O)[C@@H]1OCC(OC(C)=O)C(OC(C)=O)C(CCC(C)[C@H]1CC[C@]2(C)[C@H]3CC[C@@H]4[C@@]5(C)CCCC(C)(C)[C@@H]5CC[C@@]4(C)[C@]3(C)CC[C@@H]12)OC(C)=O. The Morgan fingerprint density at radius 3 is 1.73 bits per heavy atom. The van der Waals surface area contributed by atoms with E-state index in [0.717, 1.165) is 52.4 Å². The van der Waals surface area contributed by atoms with E-state index in [4.69, 9.17) is 33.2 Å². The molecule has 402 valence electrons. The number of esters is 6. The summed E-state index contributed by atoms with van der Waals surface area (Å²) in [5, 5.41) is 15.0. The zero-order chi connectivity index (χ0) is 52.8. The lowest BCUT2D eigenvalue weighted by Crippen LogP contribution is -2.65. The molecule has 0 spiro atoms. The maximum absolute atomic E-state index is 12.9. The van der Waals surface area contributed by atoms with Crippen LogP contribution in [-0.2, 0) is 66.7 Å². The Labute approximate surface area is 422 Å². The molecule has 0 heterocycles. The van der Waals surface area contributed by atoms with Crippen molar-refractivity contribution in [3.05, 3.63) is 0 Å². The van der Waals surface area contributed by atoms with E-state index in [-0.39, 0.29) is 28.6 Å². The summed E-state index contributed by atoms with van der Waals surface area (Å²) in [5.74, 6) is -2.18. The Morgan fingerprint density at radius 2 is 1.17 bits per heavy atom. The molecule has 6 rings (SSSR count). The second-order valence-electron chi connectivity index (χ2n) is 24.6. The highest BCUT2D eigenvalue weighted by Gasteiger charge is 2.71. The third-order valence-electron chi connectivity index (χ3n) is 19.9. The normalized spacial score (nSPS) is 39.6. The lowest BCUT2D eigenvalue weighted by Gasteiger charge is -2.73. The van der Waals surface area contributed by atoms with Gasteiger partial charge < -0.3 is 43.6 Å². The monoisotopic (exact) mass is 1000 g/mol. The zero-order valence-electron chi connectivity index (χ0n) is 45.3. The minimum atomic E-state index is -2.47. The van der Waals surface area contributed by atoms with E-state index in [2.05, 4.69) is 53.8 Å². The van der Waals surface area contributed by atoms with Gasteiger partial charge in [0.05, 0.1) is 12.6 Å². The van der Waals surface area contributed by atoms with Gasteiger partial charge in [-0.25, -0.2) is 0 Å². The topological polar surface area (TPSA) is 216 Å². The van der Waals surface area contributed by atoms with Gasteiger partial charge in [0.1, 0.15) is 18.8 Å². The fourth-order valence-electron chi connectivity index (χ4n) is 17.2. The van der Waals surface area contributed by atoms with Crippen LogP contribution in [0.3, 0.4) is 0 Å². The van der Waals surface area contributed by atoms with Gasteiger partial charge in [0.2, 0.25) is 5.91 Å². The number of carbonyl (C=O) groups is 7. The number of fused-ring (bicyclic) bond motifs is 7. The van der Waals surface area contributed by atoms with Crippen LogP contribution < -0.4 is 5.32 Å². The second kappa shape index (κ2) is 21.2. The van der Waals surface area contributed by atoms with Crippen molar-refractivity contribution >= 4 is 41.7 Å². The van der Waals surface area contributed by atoms with E-state index < -0.39 is 103 Å². The molecule has 71 heavy (non-hydrogen) atoms. The van der Waals surface area contributed by atoms with Crippen LogP contribution in [0.15, 0.2) is 0 Å². The van der Waals surface area contributed by atoms with Crippen molar-refractivity contribution in [1.29, 1.82) is 0 Å². The Balaban J connectivity index is 1.24. The molecule has 16 heteroatoms. The molecular formula is C55H87NO15. The third-order valence-corrected chi connectivity index (χ3v) is 19.9. The summed E-state index contributed by atoms with van der Waals surface area (Å²) in [7, 11) is 0. The van der Waals surface area contributed by atoms with Gasteiger partial charge in [-0.1, -0.05) is 54.9 Å². The van der Waals surface area contributed by atoms with Gasteiger partial charge in [-0.15, -0.1) is 0 Å². The molecule has 0 aromatic heterocycles. The summed E-state index contributed by atoms with van der Waals surface area (Å²) in [5.41, 5.74) is -0.989. The Kier molecular flexibility index (Phi) is 16.9. The lowest BCUT2D eigenvalue weighted by atomic mass is 9.32. The Bertz CT molecular complexity index is 2020. The first kappa shape index (κ1) is 56.5. The fourth-order valence-corrected chi connectivity index (χ4v) is 17.2. The van der Waals surface area contributed by atoms with E-state index in [9.17, 15) is 38.7 Å². The number of ether oxygens (including phenoxy) is 7. The number of carbonyl (C=O) groups excluding carboxylic acids is 7. The maximum atomic E-state index is 12.9. The van der Waals surface area contributed by atoms with Gasteiger partial charge in [-0.05, 0) is 140 Å². The minimum Gasteiger partial charge on any atom is -0.463 e. The van der Waals surface area contributed by atoms with Crippen LogP contribution in [0.1, 0.15) is 180 Å². The van der Waals surface area contributed by atoms with Crippen molar-refractivity contribution in [1.82, 2.24) is 5.32 Å². The molecule has 4 unspecified atom stereocenters. The van der Waals surface area contributed by atoms with Crippen LogP contribution in [-0.4, -0.2) is 108 Å². The predicted molar refractivity (Wildman–Crippen MR) is 260 cm³/mol. The van der Waals surface area contributed by atoms with Crippen LogP contribution in [0.25, 0.3) is 0 Å². The Morgan fingerprint density at radius 1 is 0.592 bits per heavy atom. The largest absolute Gasteiger partial charge is 0.463 e. The molecule has 0 aromatic rings. The summed E-state index contributed by atoms with van der Waals surface area (Å²) < 4.78 is 40.2. The lowest BCUT2D eigenvalue weighted by molar-refractivity contribution is -0.241. The highest BCUT2D eigenvalue weighted by atomic mass is 16.6. The number of rotatable bonds is 17. The predicted octanol–water partition coefficient (Wildman–Crippen LogP) is 7.75. The molecule has 18 atom stereocenters. The van der Waals surface area contributed by atoms with Gasteiger partial charge in [-0.2, -0.15) is 0 Å². The highest BCUT2D eigenvalue weighted by molar-refractivity contribution is 5.74.